The molecule has 1 aliphatic carbocycles. The van der Waals surface area contributed by atoms with E-state index < -0.39 is 11.4 Å². The molecule has 0 aliphatic heterocycles. The third-order valence-electron chi connectivity index (χ3n) is 3.99. The van der Waals surface area contributed by atoms with Gasteiger partial charge >= 0.3 is 5.97 Å². The van der Waals surface area contributed by atoms with Gasteiger partial charge in [-0.25, -0.2) is 0 Å². The number of rotatable bonds is 5. The number of methoxy groups -OCH3 is 1. The van der Waals surface area contributed by atoms with E-state index in [1.54, 1.807) is 19.1 Å². The number of benzene rings is 1. The quantitative estimate of drug-likeness (QED) is 0.611. The van der Waals surface area contributed by atoms with Crippen LogP contribution >= 0.6 is 0 Å². The molecule has 0 N–H and O–H groups in total. The number of ether oxygens (including phenoxy) is 1. The Hall–Kier alpha value is -1.97. The van der Waals surface area contributed by atoms with E-state index in [0.29, 0.717) is 18.4 Å². The number of hydrogen-bond donors (Lipinski definition) is 0. The Kier molecular flexibility index (Phi) is 4.02. The van der Waals surface area contributed by atoms with Gasteiger partial charge in [-0.05, 0) is 18.4 Å². The molecule has 4 heteroatoms. The molecule has 0 aromatic heterocycles. The predicted molar refractivity (Wildman–Crippen MR) is 73.5 cm³/mol. The summed E-state index contributed by atoms with van der Waals surface area (Å²) in [5, 5.41) is 0. The number of hydrogen-bond acceptors (Lipinski definition) is 4. The van der Waals surface area contributed by atoms with E-state index in [1.807, 2.05) is 12.1 Å². The molecule has 1 aromatic rings. The standard InChI is InChI=1S/C16H18O4/c1-3-12(17)8-9-16(15(19)20-2)10-11-6-4-5-7-13(11)14(16)18/h4-7H,3,8-10H2,1-2H3. The van der Waals surface area contributed by atoms with Crippen LogP contribution in [-0.2, 0) is 20.7 Å². The molecule has 1 unspecified atom stereocenters. The van der Waals surface area contributed by atoms with Gasteiger partial charge in [0, 0.05) is 18.4 Å². The van der Waals surface area contributed by atoms with Crippen molar-refractivity contribution in [2.45, 2.75) is 32.6 Å². The van der Waals surface area contributed by atoms with Gasteiger partial charge in [0.1, 0.15) is 11.2 Å². The number of Topliss-reactive ketones (excluding diaryl/α,β-unsaturated/α-hetero) is 2. The van der Waals surface area contributed by atoms with E-state index in [2.05, 4.69) is 0 Å². The average molecular weight is 274 g/mol. The first-order chi connectivity index (χ1) is 9.55. The topological polar surface area (TPSA) is 60.4 Å². The van der Waals surface area contributed by atoms with Crippen LogP contribution in [-0.4, -0.2) is 24.6 Å². The van der Waals surface area contributed by atoms with E-state index >= 15 is 0 Å². The van der Waals surface area contributed by atoms with E-state index in [0.717, 1.165) is 5.56 Å². The van der Waals surface area contributed by atoms with Crippen molar-refractivity contribution in [3.05, 3.63) is 35.4 Å². The Balaban J connectivity index is 2.34. The van der Waals surface area contributed by atoms with Gasteiger partial charge in [0.2, 0.25) is 0 Å². The van der Waals surface area contributed by atoms with Crippen molar-refractivity contribution >= 4 is 17.5 Å². The minimum atomic E-state index is -1.22. The monoisotopic (exact) mass is 274 g/mol. The van der Waals surface area contributed by atoms with Crippen molar-refractivity contribution in [2.75, 3.05) is 7.11 Å². The van der Waals surface area contributed by atoms with Gasteiger partial charge in [-0.3, -0.25) is 14.4 Å². The second kappa shape index (κ2) is 5.57. The molecule has 0 heterocycles. The SMILES string of the molecule is CCC(=O)CCC1(C(=O)OC)Cc2ccccc2C1=O. The number of fused-ring (bicyclic) bond motifs is 1. The Morgan fingerprint density at radius 3 is 2.60 bits per heavy atom. The molecule has 4 nitrogen and oxygen atoms in total. The highest BCUT2D eigenvalue weighted by atomic mass is 16.5. The zero-order valence-corrected chi connectivity index (χ0v) is 11.8. The minimum Gasteiger partial charge on any atom is -0.468 e. The molecule has 0 radical (unpaired) electrons. The van der Waals surface area contributed by atoms with Crippen LogP contribution in [0.4, 0.5) is 0 Å². The zero-order valence-electron chi connectivity index (χ0n) is 11.8. The highest BCUT2D eigenvalue weighted by Crippen LogP contribution is 2.41. The fourth-order valence-corrected chi connectivity index (χ4v) is 2.75. The maximum absolute atomic E-state index is 12.6. The summed E-state index contributed by atoms with van der Waals surface area (Å²) < 4.78 is 4.83. The molecule has 1 aromatic carbocycles. The Morgan fingerprint density at radius 1 is 1.30 bits per heavy atom. The summed E-state index contributed by atoms with van der Waals surface area (Å²) in [4.78, 5) is 36.3. The third-order valence-corrected chi connectivity index (χ3v) is 3.99. The molecule has 0 bridgehead atoms. The summed E-state index contributed by atoms with van der Waals surface area (Å²) in [6, 6.07) is 7.20. The Labute approximate surface area is 118 Å². The number of carbonyl (C=O) groups excluding carboxylic acids is 3. The van der Waals surface area contributed by atoms with Gasteiger partial charge < -0.3 is 4.74 Å². The summed E-state index contributed by atoms with van der Waals surface area (Å²) >= 11 is 0. The van der Waals surface area contributed by atoms with Crippen molar-refractivity contribution in [1.82, 2.24) is 0 Å². The van der Waals surface area contributed by atoms with Crippen LogP contribution in [0.1, 0.15) is 42.1 Å². The van der Waals surface area contributed by atoms with Crippen LogP contribution in [0.2, 0.25) is 0 Å². The first-order valence-electron chi connectivity index (χ1n) is 6.78. The normalized spacial score (nSPS) is 20.6. The first-order valence-corrected chi connectivity index (χ1v) is 6.78. The summed E-state index contributed by atoms with van der Waals surface area (Å²) in [5.41, 5.74) is 0.206. The summed E-state index contributed by atoms with van der Waals surface area (Å²) in [6.07, 6.45) is 1.19. The molecule has 1 atom stereocenters. The molecule has 20 heavy (non-hydrogen) atoms. The summed E-state index contributed by atoms with van der Waals surface area (Å²) in [7, 11) is 1.28. The van der Waals surface area contributed by atoms with Crippen molar-refractivity contribution in [1.29, 1.82) is 0 Å². The number of carbonyl (C=O) groups is 3. The summed E-state index contributed by atoms with van der Waals surface area (Å²) in [5.74, 6) is -0.705. The van der Waals surface area contributed by atoms with Crippen LogP contribution in [0, 0.1) is 5.41 Å². The maximum Gasteiger partial charge on any atom is 0.320 e. The lowest BCUT2D eigenvalue weighted by atomic mass is 9.78. The highest BCUT2D eigenvalue weighted by molar-refractivity contribution is 6.16. The van der Waals surface area contributed by atoms with E-state index in [-0.39, 0.29) is 24.4 Å². The molecule has 106 valence electrons. The Bertz CT molecular complexity index is 561. The van der Waals surface area contributed by atoms with Gasteiger partial charge in [0.15, 0.2) is 5.78 Å². The van der Waals surface area contributed by atoms with Gasteiger partial charge in [-0.2, -0.15) is 0 Å². The molecule has 0 fully saturated rings. The van der Waals surface area contributed by atoms with Gasteiger partial charge in [0.25, 0.3) is 0 Å². The van der Waals surface area contributed by atoms with E-state index in [9.17, 15) is 14.4 Å². The largest absolute Gasteiger partial charge is 0.468 e. The lowest BCUT2D eigenvalue weighted by molar-refractivity contribution is -0.149. The maximum atomic E-state index is 12.6. The van der Waals surface area contributed by atoms with Crippen molar-refractivity contribution in [2.24, 2.45) is 5.41 Å². The molecule has 0 saturated heterocycles. The molecular weight excluding hydrogens is 256 g/mol. The smallest absolute Gasteiger partial charge is 0.320 e. The van der Waals surface area contributed by atoms with Gasteiger partial charge in [0.05, 0.1) is 7.11 Å². The molecule has 1 aliphatic rings. The van der Waals surface area contributed by atoms with Crippen LogP contribution in [0.25, 0.3) is 0 Å². The van der Waals surface area contributed by atoms with Crippen LogP contribution in [0.15, 0.2) is 24.3 Å². The van der Waals surface area contributed by atoms with Crippen molar-refractivity contribution in [3.63, 3.8) is 0 Å². The van der Waals surface area contributed by atoms with Crippen LogP contribution in [0.5, 0.6) is 0 Å². The highest BCUT2D eigenvalue weighted by Gasteiger charge is 2.52. The third kappa shape index (κ3) is 2.26. The molecular formula is C16H18O4. The second-order valence-electron chi connectivity index (χ2n) is 5.13. The lowest BCUT2D eigenvalue weighted by Crippen LogP contribution is -2.38. The second-order valence-corrected chi connectivity index (χ2v) is 5.13. The van der Waals surface area contributed by atoms with E-state index in [4.69, 9.17) is 4.74 Å². The molecule has 0 spiro atoms. The van der Waals surface area contributed by atoms with Crippen LogP contribution in [0.3, 0.4) is 0 Å². The fraction of sp³-hybridized carbons (Fsp3) is 0.438. The molecule has 0 amide bonds. The predicted octanol–water partition coefficient (Wildman–Crippen LogP) is 2.34. The van der Waals surface area contributed by atoms with Gasteiger partial charge in [-0.1, -0.05) is 31.2 Å². The fourth-order valence-electron chi connectivity index (χ4n) is 2.75. The van der Waals surface area contributed by atoms with Gasteiger partial charge in [-0.15, -0.1) is 0 Å². The lowest BCUT2D eigenvalue weighted by Gasteiger charge is -2.23. The van der Waals surface area contributed by atoms with E-state index in [1.165, 1.54) is 7.11 Å². The molecule has 2 rings (SSSR count). The Morgan fingerprint density at radius 2 is 2.00 bits per heavy atom. The number of esters is 1. The first kappa shape index (κ1) is 14.4. The minimum absolute atomic E-state index is 0.0528. The van der Waals surface area contributed by atoms with Crippen molar-refractivity contribution < 1.29 is 19.1 Å². The number of ketones is 2. The average Bonchev–Trinajstić information content (AvgIpc) is 2.78. The zero-order chi connectivity index (χ0) is 14.8. The van der Waals surface area contributed by atoms with Crippen molar-refractivity contribution in [3.8, 4) is 0 Å². The summed E-state index contributed by atoms with van der Waals surface area (Å²) in [6.45, 7) is 1.78. The molecule has 0 saturated carbocycles. The van der Waals surface area contributed by atoms with Crippen LogP contribution < -0.4 is 0 Å².